The molecule has 1 unspecified atom stereocenters. The Hall–Kier alpha value is -4.36. The van der Waals surface area contributed by atoms with Gasteiger partial charge in [-0.15, -0.1) is 0 Å². The summed E-state index contributed by atoms with van der Waals surface area (Å²) in [6.07, 6.45) is 0.505. The lowest BCUT2D eigenvalue weighted by Gasteiger charge is -2.37. The topological polar surface area (TPSA) is 134 Å². The number of methoxy groups -OCH3 is 2. The quantitative estimate of drug-likeness (QED) is 0.0774. The molecule has 0 spiro atoms. The fraction of sp³-hybridized carbons (Fsp3) is 0.410. The second-order valence-electron chi connectivity index (χ2n) is 12.6. The number of nitrogens with one attached hydrogen (secondary N) is 1. The number of ether oxygens (including phenoxy) is 4. The fourth-order valence-electron chi connectivity index (χ4n) is 6.28. The number of likely N-dealkylation sites (N-methyl/N-ethyl adjacent to an activating group) is 1. The lowest BCUT2D eigenvalue weighted by molar-refractivity contribution is -0.117. The van der Waals surface area contributed by atoms with Gasteiger partial charge in [0, 0.05) is 44.9 Å². The number of carbonyl (C=O) groups is 1. The van der Waals surface area contributed by atoms with Crippen LogP contribution in [0, 0.1) is 6.92 Å². The van der Waals surface area contributed by atoms with Gasteiger partial charge in [0.15, 0.2) is 0 Å². The molecule has 0 saturated carbocycles. The Labute approximate surface area is 311 Å². The standard InChI is InChI=1S/C39H49N4O9P/c1-7-42(8-2)53(50-23-22-41(4)27-44)52-34-24-36(43-25-28(3)37(45)40-38(43)46)51-35(34)26-49-39(29-12-10-9-11-13-29,30-14-18-32(47-5)19-15-30)31-16-20-33(48-6)21-17-31/h9-21,25,27,34-36H,7-8,22-24,26H2,1-6H3,(H,40,45,46)/t34-,35+,36+,53?/m0/s1. The van der Waals surface area contributed by atoms with E-state index in [1.165, 1.54) is 15.7 Å². The number of carbonyl (C=O) groups excluding carboxylic acids is 1. The van der Waals surface area contributed by atoms with E-state index >= 15 is 0 Å². The minimum Gasteiger partial charge on any atom is -0.497 e. The SMILES string of the molecule is CCN(CC)P(OCCN(C)C=O)O[C@H]1C[C@H](n2cc(C)c(=O)[nH]c2=O)O[C@@H]1COC(c1ccccc1)(c1ccc(OC)cc1)c1ccc(OC)cc1. The molecule has 2 heterocycles. The highest BCUT2D eigenvalue weighted by Gasteiger charge is 2.44. The van der Waals surface area contributed by atoms with Gasteiger partial charge in [0.1, 0.15) is 29.4 Å². The van der Waals surface area contributed by atoms with Crippen LogP contribution in [0.5, 0.6) is 11.5 Å². The number of hydrogen-bond acceptors (Lipinski definition) is 10. The fourth-order valence-corrected chi connectivity index (χ4v) is 7.79. The van der Waals surface area contributed by atoms with Crippen LogP contribution in [0.4, 0.5) is 0 Å². The Bertz CT molecular complexity index is 1820. The predicted molar refractivity (Wildman–Crippen MR) is 202 cm³/mol. The van der Waals surface area contributed by atoms with Crippen molar-refractivity contribution in [2.24, 2.45) is 0 Å². The summed E-state index contributed by atoms with van der Waals surface area (Å²) >= 11 is 0. The number of hydrogen-bond donors (Lipinski definition) is 1. The monoisotopic (exact) mass is 748 g/mol. The summed E-state index contributed by atoms with van der Waals surface area (Å²) in [5.41, 5.74) is 0.784. The van der Waals surface area contributed by atoms with E-state index in [4.69, 9.17) is 28.0 Å². The molecule has 13 nitrogen and oxygen atoms in total. The molecule has 14 heteroatoms. The summed E-state index contributed by atoms with van der Waals surface area (Å²) in [5.74, 6) is 1.40. The molecule has 1 aliphatic heterocycles. The van der Waals surface area contributed by atoms with Crippen LogP contribution in [0.15, 0.2) is 94.6 Å². The zero-order valence-electron chi connectivity index (χ0n) is 31.1. The highest BCUT2D eigenvalue weighted by molar-refractivity contribution is 7.44. The minimum absolute atomic E-state index is 0.0422. The molecular weight excluding hydrogens is 699 g/mol. The number of aryl methyl sites for hydroxylation is 1. The van der Waals surface area contributed by atoms with Gasteiger partial charge in [0.25, 0.3) is 14.1 Å². The molecule has 284 valence electrons. The summed E-state index contributed by atoms with van der Waals surface area (Å²) < 4.78 is 41.4. The molecule has 1 aromatic heterocycles. The van der Waals surface area contributed by atoms with Crippen LogP contribution < -0.4 is 20.7 Å². The van der Waals surface area contributed by atoms with E-state index < -0.39 is 43.8 Å². The molecule has 0 aliphatic carbocycles. The van der Waals surface area contributed by atoms with Crippen LogP contribution >= 0.6 is 8.53 Å². The third-order valence-electron chi connectivity index (χ3n) is 9.29. The van der Waals surface area contributed by atoms with Crippen molar-refractivity contribution in [2.45, 2.75) is 51.2 Å². The Morgan fingerprint density at radius 3 is 2.06 bits per heavy atom. The Morgan fingerprint density at radius 2 is 1.51 bits per heavy atom. The van der Waals surface area contributed by atoms with Crippen LogP contribution in [-0.2, 0) is 28.9 Å². The van der Waals surface area contributed by atoms with Crippen molar-refractivity contribution in [1.82, 2.24) is 19.1 Å². The van der Waals surface area contributed by atoms with Gasteiger partial charge in [-0.25, -0.2) is 9.46 Å². The number of aromatic amines is 1. The summed E-state index contributed by atoms with van der Waals surface area (Å²) in [6.45, 7) is 7.71. The van der Waals surface area contributed by atoms with Gasteiger partial charge >= 0.3 is 5.69 Å². The Balaban J connectivity index is 1.57. The average Bonchev–Trinajstić information content (AvgIpc) is 3.59. The van der Waals surface area contributed by atoms with Crippen LogP contribution in [0.3, 0.4) is 0 Å². The summed E-state index contributed by atoms with van der Waals surface area (Å²) in [4.78, 5) is 40.5. The van der Waals surface area contributed by atoms with Gasteiger partial charge < -0.3 is 32.9 Å². The minimum atomic E-state index is -1.60. The molecular formula is C39H49N4O9P. The second-order valence-corrected chi connectivity index (χ2v) is 14.1. The molecule has 53 heavy (non-hydrogen) atoms. The van der Waals surface area contributed by atoms with Crippen LogP contribution in [0.25, 0.3) is 0 Å². The van der Waals surface area contributed by atoms with E-state index in [1.807, 2.05) is 92.7 Å². The maximum absolute atomic E-state index is 13.1. The predicted octanol–water partition coefficient (Wildman–Crippen LogP) is 5.22. The van der Waals surface area contributed by atoms with Crippen molar-refractivity contribution in [1.29, 1.82) is 0 Å². The van der Waals surface area contributed by atoms with E-state index in [0.717, 1.165) is 23.1 Å². The number of rotatable bonds is 19. The molecule has 4 atom stereocenters. The molecule has 0 bridgehead atoms. The third kappa shape index (κ3) is 9.24. The normalized spacial score (nSPS) is 17.8. The van der Waals surface area contributed by atoms with E-state index in [0.29, 0.717) is 36.7 Å². The lowest BCUT2D eigenvalue weighted by Crippen LogP contribution is -2.39. The first-order chi connectivity index (χ1) is 25.7. The van der Waals surface area contributed by atoms with E-state index in [-0.39, 0.29) is 19.6 Å². The Kier molecular flexibility index (Phi) is 14.0. The first-order valence-corrected chi connectivity index (χ1v) is 18.8. The van der Waals surface area contributed by atoms with Crippen molar-refractivity contribution >= 4 is 14.9 Å². The van der Waals surface area contributed by atoms with Gasteiger partial charge in [-0.2, -0.15) is 0 Å². The maximum atomic E-state index is 13.1. The molecule has 1 N–H and O–H groups in total. The van der Waals surface area contributed by atoms with Crippen molar-refractivity contribution in [2.75, 3.05) is 54.1 Å². The summed E-state index contributed by atoms with van der Waals surface area (Å²) in [5, 5.41) is 0. The average molecular weight is 749 g/mol. The van der Waals surface area contributed by atoms with Gasteiger partial charge in [0.05, 0.1) is 33.5 Å². The molecule has 0 radical (unpaired) electrons. The second kappa shape index (κ2) is 18.6. The number of H-pyrrole nitrogens is 1. The summed E-state index contributed by atoms with van der Waals surface area (Å²) in [6, 6.07) is 25.5. The largest absolute Gasteiger partial charge is 0.497 e. The zero-order chi connectivity index (χ0) is 38.0. The van der Waals surface area contributed by atoms with E-state index in [9.17, 15) is 14.4 Å². The first-order valence-electron chi connectivity index (χ1n) is 17.6. The van der Waals surface area contributed by atoms with Crippen LogP contribution in [0.2, 0.25) is 0 Å². The number of amides is 1. The Morgan fingerprint density at radius 1 is 0.925 bits per heavy atom. The van der Waals surface area contributed by atoms with Gasteiger partial charge in [-0.3, -0.25) is 19.1 Å². The molecule has 5 rings (SSSR count). The summed E-state index contributed by atoms with van der Waals surface area (Å²) in [7, 11) is 3.33. The third-order valence-corrected chi connectivity index (χ3v) is 11.2. The van der Waals surface area contributed by atoms with Crippen molar-refractivity contribution in [3.63, 3.8) is 0 Å². The van der Waals surface area contributed by atoms with Gasteiger partial charge in [-0.1, -0.05) is 68.4 Å². The number of benzene rings is 3. The van der Waals surface area contributed by atoms with Crippen LogP contribution in [-0.4, -0.2) is 91.9 Å². The first kappa shape index (κ1) is 39.8. The molecule has 1 saturated heterocycles. The molecule has 3 aromatic carbocycles. The maximum Gasteiger partial charge on any atom is 0.330 e. The molecule has 1 fully saturated rings. The zero-order valence-corrected chi connectivity index (χ0v) is 32.0. The van der Waals surface area contributed by atoms with Gasteiger partial charge in [0.2, 0.25) is 6.41 Å². The van der Waals surface area contributed by atoms with Crippen molar-refractivity contribution < 1.29 is 32.8 Å². The van der Waals surface area contributed by atoms with Gasteiger partial charge in [-0.05, 0) is 47.9 Å². The van der Waals surface area contributed by atoms with Crippen LogP contribution in [0.1, 0.15) is 48.8 Å². The van der Waals surface area contributed by atoms with E-state index in [2.05, 4.69) is 9.65 Å². The highest BCUT2D eigenvalue weighted by atomic mass is 31.2. The molecule has 4 aromatic rings. The van der Waals surface area contributed by atoms with Crippen molar-refractivity contribution in [3.8, 4) is 11.5 Å². The number of nitrogens with zero attached hydrogens (tertiary/aromatic N) is 3. The molecule has 1 aliphatic rings. The van der Waals surface area contributed by atoms with E-state index in [1.54, 1.807) is 28.2 Å². The van der Waals surface area contributed by atoms with Crippen molar-refractivity contribution in [3.05, 3.63) is 128 Å². The smallest absolute Gasteiger partial charge is 0.330 e. The number of aromatic nitrogens is 2. The highest BCUT2D eigenvalue weighted by Crippen LogP contribution is 2.48. The molecule has 1 amide bonds. The lowest BCUT2D eigenvalue weighted by atomic mass is 9.80.